The van der Waals surface area contributed by atoms with Crippen molar-refractivity contribution in [2.24, 2.45) is 5.92 Å². The van der Waals surface area contributed by atoms with Crippen LogP contribution >= 0.6 is 0 Å². The first kappa shape index (κ1) is 19.5. The molecule has 0 unspecified atom stereocenters. The highest BCUT2D eigenvalue weighted by atomic mass is 32.2. The van der Waals surface area contributed by atoms with Gasteiger partial charge in [-0.15, -0.1) is 0 Å². The Hall–Kier alpha value is -2.25. The third-order valence-corrected chi connectivity index (χ3v) is 6.74. The van der Waals surface area contributed by atoms with Gasteiger partial charge in [-0.25, -0.2) is 12.8 Å². The van der Waals surface area contributed by atoms with Crippen LogP contribution in [0.25, 0.3) is 0 Å². The molecule has 3 rings (SSSR count). The van der Waals surface area contributed by atoms with Crippen LogP contribution in [0.3, 0.4) is 0 Å². The molecule has 2 aromatic rings. The molecular formula is C20H23FN2O3S. The van der Waals surface area contributed by atoms with E-state index in [9.17, 15) is 17.6 Å². The minimum atomic E-state index is -3.60. The van der Waals surface area contributed by atoms with Crippen molar-refractivity contribution in [2.75, 3.05) is 13.1 Å². The summed E-state index contributed by atoms with van der Waals surface area (Å²) in [6.45, 7) is 2.40. The molecule has 0 aliphatic carbocycles. The average Bonchev–Trinajstić information content (AvgIpc) is 2.69. The van der Waals surface area contributed by atoms with E-state index in [-0.39, 0.29) is 29.2 Å². The number of carbonyl (C=O) groups is 1. The lowest BCUT2D eigenvalue weighted by Crippen LogP contribution is -2.45. The standard InChI is InChI=1S/C20H23FN2O3S/c1-15(16-9-11-18(21)12-10-16)22-20(24)17-6-5-13-23(14-17)27(25,26)19-7-3-2-4-8-19/h2-4,7-12,15,17H,5-6,13-14H2,1H3,(H,22,24)/t15-,17+/m1/s1. The predicted molar refractivity (Wildman–Crippen MR) is 101 cm³/mol. The summed E-state index contributed by atoms with van der Waals surface area (Å²) in [6.07, 6.45) is 1.28. The molecule has 1 aliphatic heterocycles. The topological polar surface area (TPSA) is 66.5 Å². The molecule has 2 aromatic carbocycles. The fourth-order valence-electron chi connectivity index (χ4n) is 3.28. The number of benzene rings is 2. The molecule has 5 nitrogen and oxygen atoms in total. The van der Waals surface area contributed by atoms with Crippen molar-refractivity contribution in [3.8, 4) is 0 Å². The van der Waals surface area contributed by atoms with Gasteiger partial charge < -0.3 is 5.32 Å². The predicted octanol–water partition coefficient (Wildman–Crippen LogP) is 3.10. The molecule has 0 spiro atoms. The molecule has 1 heterocycles. The largest absolute Gasteiger partial charge is 0.349 e. The third-order valence-electron chi connectivity index (χ3n) is 4.86. The van der Waals surface area contributed by atoms with Crippen molar-refractivity contribution < 1.29 is 17.6 Å². The molecule has 1 saturated heterocycles. The van der Waals surface area contributed by atoms with Crippen molar-refractivity contribution in [3.63, 3.8) is 0 Å². The summed E-state index contributed by atoms with van der Waals surface area (Å²) in [5.74, 6) is -0.911. The van der Waals surface area contributed by atoms with Gasteiger partial charge >= 0.3 is 0 Å². The van der Waals surface area contributed by atoms with Gasteiger partial charge in [0, 0.05) is 13.1 Å². The second-order valence-corrected chi connectivity index (χ2v) is 8.74. The Balaban J connectivity index is 1.67. The Morgan fingerprint density at radius 3 is 2.48 bits per heavy atom. The van der Waals surface area contributed by atoms with Crippen LogP contribution in [0, 0.1) is 11.7 Å². The Bertz CT molecular complexity index is 885. The summed E-state index contributed by atoms with van der Waals surface area (Å²) in [6, 6.07) is 14.0. The van der Waals surface area contributed by atoms with Gasteiger partial charge in [-0.05, 0) is 49.6 Å². The van der Waals surface area contributed by atoms with Gasteiger partial charge in [-0.3, -0.25) is 4.79 Å². The van der Waals surface area contributed by atoms with Crippen LogP contribution in [0.1, 0.15) is 31.4 Å². The maximum atomic E-state index is 13.0. The molecule has 1 fully saturated rings. The minimum absolute atomic E-state index is 0.166. The van der Waals surface area contributed by atoms with E-state index in [1.807, 2.05) is 6.92 Å². The number of sulfonamides is 1. The molecule has 1 aliphatic rings. The Morgan fingerprint density at radius 2 is 1.81 bits per heavy atom. The summed E-state index contributed by atoms with van der Waals surface area (Å²) < 4.78 is 40.0. The average molecular weight is 390 g/mol. The lowest BCUT2D eigenvalue weighted by atomic mass is 9.98. The highest BCUT2D eigenvalue weighted by molar-refractivity contribution is 7.89. The summed E-state index contributed by atoms with van der Waals surface area (Å²) >= 11 is 0. The van der Waals surface area contributed by atoms with Crippen molar-refractivity contribution in [2.45, 2.75) is 30.7 Å². The molecule has 0 aromatic heterocycles. The van der Waals surface area contributed by atoms with Gasteiger partial charge in [0.05, 0.1) is 16.9 Å². The van der Waals surface area contributed by atoms with Gasteiger partial charge in [-0.2, -0.15) is 4.31 Å². The number of rotatable bonds is 5. The molecule has 1 N–H and O–H groups in total. The van der Waals surface area contributed by atoms with Gasteiger partial charge in [0.1, 0.15) is 5.82 Å². The SMILES string of the molecule is C[C@@H](NC(=O)[C@H]1CCCN(S(=O)(=O)c2ccccc2)C1)c1ccc(F)cc1. The molecule has 7 heteroatoms. The molecule has 27 heavy (non-hydrogen) atoms. The molecule has 144 valence electrons. The van der Waals surface area contributed by atoms with Crippen molar-refractivity contribution in [3.05, 3.63) is 66.0 Å². The fraction of sp³-hybridized carbons (Fsp3) is 0.350. The Morgan fingerprint density at radius 1 is 1.15 bits per heavy atom. The van der Waals surface area contributed by atoms with E-state index >= 15 is 0 Å². The Labute approximate surface area is 159 Å². The quantitative estimate of drug-likeness (QED) is 0.853. The zero-order valence-corrected chi connectivity index (χ0v) is 16.0. The first-order chi connectivity index (χ1) is 12.9. The summed E-state index contributed by atoms with van der Waals surface area (Å²) in [5.41, 5.74) is 0.800. The third kappa shape index (κ3) is 4.54. The normalized spacial score (nSPS) is 19.4. The number of hydrogen-bond acceptors (Lipinski definition) is 3. The van der Waals surface area contributed by atoms with Gasteiger partial charge in [0.2, 0.25) is 15.9 Å². The lowest BCUT2D eigenvalue weighted by molar-refractivity contribution is -0.126. The number of nitrogens with one attached hydrogen (secondary N) is 1. The van der Waals surface area contributed by atoms with Crippen LogP contribution in [0.4, 0.5) is 4.39 Å². The van der Waals surface area contributed by atoms with E-state index in [2.05, 4.69) is 5.32 Å². The molecule has 0 radical (unpaired) electrons. The van der Waals surface area contributed by atoms with Crippen LogP contribution in [-0.4, -0.2) is 31.7 Å². The maximum Gasteiger partial charge on any atom is 0.243 e. The zero-order valence-electron chi connectivity index (χ0n) is 15.1. The zero-order chi connectivity index (χ0) is 19.4. The number of carbonyl (C=O) groups excluding carboxylic acids is 1. The molecule has 0 saturated carbocycles. The number of piperidine rings is 1. The number of halogens is 1. The number of nitrogens with zero attached hydrogens (tertiary/aromatic N) is 1. The van der Waals surface area contributed by atoms with Gasteiger partial charge in [0.25, 0.3) is 0 Å². The molecule has 0 bridgehead atoms. The van der Waals surface area contributed by atoms with E-state index in [0.29, 0.717) is 19.4 Å². The maximum absolute atomic E-state index is 13.0. The van der Waals surface area contributed by atoms with Crippen LogP contribution < -0.4 is 5.32 Å². The number of amides is 1. The van der Waals surface area contributed by atoms with E-state index in [4.69, 9.17) is 0 Å². The fourth-order valence-corrected chi connectivity index (χ4v) is 4.83. The summed E-state index contributed by atoms with van der Waals surface area (Å²) in [4.78, 5) is 12.9. The van der Waals surface area contributed by atoms with E-state index in [0.717, 1.165) is 5.56 Å². The van der Waals surface area contributed by atoms with Crippen LogP contribution in [0.5, 0.6) is 0 Å². The lowest BCUT2D eigenvalue weighted by Gasteiger charge is -2.32. The smallest absolute Gasteiger partial charge is 0.243 e. The first-order valence-electron chi connectivity index (χ1n) is 8.99. The monoisotopic (exact) mass is 390 g/mol. The summed E-state index contributed by atoms with van der Waals surface area (Å²) in [5, 5.41) is 2.91. The van der Waals surface area contributed by atoms with E-state index in [1.54, 1.807) is 42.5 Å². The highest BCUT2D eigenvalue weighted by Crippen LogP contribution is 2.24. The van der Waals surface area contributed by atoms with Crippen LogP contribution in [-0.2, 0) is 14.8 Å². The van der Waals surface area contributed by atoms with E-state index < -0.39 is 15.9 Å². The first-order valence-corrected chi connectivity index (χ1v) is 10.4. The molecule has 2 atom stereocenters. The highest BCUT2D eigenvalue weighted by Gasteiger charge is 2.33. The van der Waals surface area contributed by atoms with E-state index in [1.165, 1.54) is 16.4 Å². The van der Waals surface area contributed by atoms with Crippen molar-refractivity contribution >= 4 is 15.9 Å². The summed E-state index contributed by atoms with van der Waals surface area (Å²) in [7, 11) is -3.60. The van der Waals surface area contributed by atoms with Crippen molar-refractivity contribution in [1.82, 2.24) is 9.62 Å². The van der Waals surface area contributed by atoms with Gasteiger partial charge in [0.15, 0.2) is 0 Å². The Kier molecular flexibility index (Phi) is 5.92. The molecular weight excluding hydrogens is 367 g/mol. The minimum Gasteiger partial charge on any atom is -0.349 e. The van der Waals surface area contributed by atoms with Gasteiger partial charge in [-0.1, -0.05) is 30.3 Å². The van der Waals surface area contributed by atoms with Crippen LogP contribution in [0.15, 0.2) is 59.5 Å². The second kappa shape index (κ2) is 8.19. The molecule has 1 amide bonds. The van der Waals surface area contributed by atoms with Crippen molar-refractivity contribution in [1.29, 1.82) is 0 Å². The number of hydrogen-bond donors (Lipinski definition) is 1. The second-order valence-electron chi connectivity index (χ2n) is 6.80. The van der Waals surface area contributed by atoms with Crippen LogP contribution in [0.2, 0.25) is 0 Å².